The largest absolute Gasteiger partial charge is 0.653 e. The summed E-state index contributed by atoms with van der Waals surface area (Å²) in [5, 5.41) is 16.0. The van der Waals surface area contributed by atoms with Crippen LogP contribution in [0.25, 0.3) is 27.5 Å². The minimum Gasteiger partial charge on any atom is -0.653 e. The van der Waals surface area contributed by atoms with Crippen LogP contribution in [0.4, 0.5) is 5.69 Å². The van der Waals surface area contributed by atoms with Crippen LogP contribution in [-0.4, -0.2) is 161 Å². The Morgan fingerprint density at radius 3 is 2.28 bits per heavy atom. The number of ether oxygens (including phenoxy) is 2. The van der Waals surface area contributed by atoms with Gasteiger partial charge >= 0.3 is 0 Å². The molecule has 5 atom stereocenters. The standard InChI is InChI=1S/C36H54N6O5S.C7H11NO.C4H6NO.CH4O.CH2O.W/c1-8-41-32-14-13-26(40-18-19-48(44,45)27(23-40)21-31(37-5)35(43)42-17-10-9-16-39-42)20-29(32)30(22-36(3,4)24-46-6)34(41)28-12-11-15-38-33(28)25(2)47-7;1-2-7(9)8-5-3-4-6-8;1-3-4(2-6)5-3;2*1-2;/h11-15,20,25,27,31,37,39H,8-10,16-19,21-24H2,1-7H3;2H,1,3-6H2;2-4H,1H3;2H,1H3;1H2;/q;;-1;;;. The third kappa shape index (κ3) is 16.1. The van der Waals surface area contributed by atoms with Crippen molar-refractivity contribution in [2.45, 2.75) is 109 Å². The zero-order valence-electron chi connectivity index (χ0n) is 41.7. The van der Waals surface area contributed by atoms with Crippen molar-refractivity contribution in [1.82, 2.24) is 30.2 Å². The zero-order chi connectivity index (χ0) is 49.9. The minimum absolute atomic E-state index is 0. The fraction of sp³-hybridized carbons (Fsp3) is 0.612. The number of aliphatic hydroxyl groups excluding tert-OH is 1. The smallest absolute Gasteiger partial charge is 0.253 e. The van der Waals surface area contributed by atoms with E-state index in [1.807, 2.05) is 37.8 Å². The number of fused-ring (bicyclic) bond motifs is 1. The van der Waals surface area contributed by atoms with Gasteiger partial charge in [-0.15, -0.1) is 6.04 Å². The van der Waals surface area contributed by atoms with Crippen LogP contribution >= 0.6 is 0 Å². The second-order valence-corrected chi connectivity index (χ2v) is 20.1. The molecule has 68 heavy (non-hydrogen) atoms. The number of aryl methyl sites for hydroxylation is 1. The van der Waals surface area contributed by atoms with E-state index < -0.39 is 21.1 Å². The molecule has 0 radical (unpaired) electrons. The number of hydrogen-bond donors (Lipinski definition) is 3. The van der Waals surface area contributed by atoms with E-state index in [0.717, 1.165) is 105 Å². The topological polar surface area (TPSA) is 207 Å². The third-order valence-corrected chi connectivity index (χ3v) is 14.6. The van der Waals surface area contributed by atoms with Crippen molar-refractivity contribution in [3.05, 3.63) is 65.8 Å². The van der Waals surface area contributed by atoms with Gasteiger partial charge in [0.15, 0.2) is 9.84 Å². The molecular formula is C49H77N8O9SW-. The number of nitrogens with one attached hydrogen (secondary N) is 2. The molecule has 17 nitrogen and oxygen atoms in total. The molecule has 5 unspecified atom stereocenters. The number of sulfone groups is 1. The maximum atomic E-state index is 13.4. The Morgan fingerprint density at radius 2 is 1.75 bits per heavy atom. The number of anilines is 1. The zero-order valence-corrected chi connectivity index (χ0v) is 45.5. The summed E-state index contributed by atoms with van der Waals surface area (Å²) >= 11 is 0. The molecule has 380 valence electrons. The molecule has 7 rings (SSSR count). The predicted octanol–water partition coefficient (Wildman–Crippen LogP) is 4.90. The summed E-state index contributed by atoms with van der Waals surface area (Å²) in [4.78, 5) is 50.6. The molecule has 4 aliphatic rings. The summed E-state index contributed by atoms with van der Waals surface area (Å²) in [6, 6.07) is 10.4. The molecular weight excluding hydrogens is 1060 g/mol. The van der Waals surface area contributed by atoms with Gasteiger partial charge < -0.3 is 49.2 Å². The number of carbonyl (C=O) groups is 4. The monoisotopic (exact) mass is 1140 g/mol. The quantitative estimate of drug-likeness (QED) is 0.105. The normalized spacial score (nSPS) is 20.3. The van der Waals surface area contributed by atoms with Gasteiger partial charge in [-0.2, -0.15) is 0 Å². The van der Waals surface area contributed by atoms with Gasteiger partial charge in [0.05, 0.1) is 41.1 Å². The third-order valence-electron chi connectivity index (χ3n) is 12.5. The van der Waals surface area contributed by atoms with Gasteiger partial charge in [0.25, 0.3) is 5.91 Å². The number of rotatable bonds is 15. The number of pyridine rings is 1. The van der Waals surface area contributed by atoms with Crippen molar-refractivity contribution in [3.8, 4) is 11.3 Å². The second kappa shape index (κ2) is 29.3. The summed E-state index contributed by atoms with van der Waals surface area (Å²) in [5.74, 6) is 0.0262. The number of nitrogens with zero attached hydrogens (tertiary/aromatic N) is 6. The Hall–Kier alpha value is -3.87. The molecule has 19 heteroatoms. The Morgan fingerprint density at radius 1 is 1.09 bits per heavy atom. The summed E-state index contributed by atoms with van der Waals surface area (Å²) in [7, 11) is 2.80. The molecule has 3 aromatic rings. The van der Waals surface area contributed by atoms with Gasteiger partial charge in [-0.1, -0.05) is 33.4 Å². The van der Waals surface area contributed by atoms with Gasteiger partial charge in [0.1, 0.15) is 13.1 Å². The van der Waals surface area contributed by atoms with E-state index in [2.05, 4.69) is 77.1 Å². The van der Waals surface area contributed by atoms with Crippen molar-refractivity contribution in [3.63, 3.8) is 0 Å². The number of amides is 2. The summed E-state index contributed by atoms with van der Waals surface area (Å²) in [5.41, 5.74) is 9.40. The van der Waals surface area contributed by atoms with Crippen molar-refractivity contribution < 1.29 is 63.2 Å². The Kier molecular flexibility index (Phi) is 26.0. The molecule has 0 saturated carbocycles. The van der Waals surface area contributed by atoms with Crippen molar-refractivity contribution in [1.29, 1.82) is 0 Å². The molecule has 0 bridgehead atoms. The second-order valence-electron chi connectivity index (χ2n) is 17.7. The number of likely N-dealkylation sites (tertiary alicyclic amines) is 1. The number of aliphatic hydroxyl groups is 1. The number of methoxy groups -OCH3 is 2. The summed E-state index contributed by atoms with van der Waals surface area (Å²) in [6.45, 7) is 21.3. The molecule has 2 aromatic heterocycles. The molecule has 3 N–H and O–H groups in total. The number of carbonyl (C=O) groups excluding carboxylic acids is 4. The van der Waals surface area contributed by atoms with E-state index in [-0.39, 0.29) is 62.6 Å². The average Bonchev–Trinajstić information content (AvgIpc) is 3.66. The summed E-state index contributed by atoms with van der Waals surface area (Å²) < 4.78 is 40.6. The van der Waals surface area contributed by atoms with Gasteiger partial charge in [-0.3, -0.25) is 19.6 Å². The predicted molar refractivity (Wildman–Crippen MR) is 266 cm³/mol. The molecule has 0 spiro atoms. The van der Waals surface area contributed by atoms with Crippen LogP contribution in [0.5, 0.6) is 0 Å². The average molecular weight is 1140 g/mol. The Balaban J connectivity index is 0.000000662. The van der Waals surface area contributed by atoms with Crippen LogP contribution in [0.15, 0.2) is 49.2 Å². The van der Waals surface area contributed by atoms with E-state index >= 15 is 0 Å². The molecule has 0 aliphatic carbocycles. The van der Waals surface area contributed by atoms with Crippen molar-refractivity contribution >= 4 is 51.3 Å². The Bertz CT molecular complexity index is 2160. The van der Waals surface area contributed by atoms with Crippen LogP contribution in [0, 0.1) is 5.41 Å². The number of hydrogen-bond acceptors (Lipinski definition) is 13. The van der Waals surface area contributed by atoms with Crippen molar-refractivity contribution in [2.75, 3.05) is 84.9 Å². The maximum Gasteiger partial charge on any atom is 0.253 e. The van der Waals surface area contributed by atoms with E-state index in [0.29, 0.717) is 32.3 Å². The molecule has 6 heterocycles. The first kappa shape index (κ1) is 60.3. The van der Waals surface area contributed by atoms with Crippen LogP contribution in [0.2, 0.25) is 0 Å². The first-order valence-corrected chi connectivity index (χ1v) is 25.0. The van der Waals surface area contributed by atoms with Crippen LogP contribution in [0.1, 0.15) is 84.1 Å². The van der Waals surface area contributed by atoms with Crippen LogP contribution in [0.3, 0.4) is 0 Å². The number of aromatic nitrogens is 2. The van der Waals surface area contributed by atoms with Gasteiger partial charge in [0, 0.05) is 117 Å². The number of likely N-dealkylation sites (N-methyl/N-ethyl adjacent to an activating group) is 1. The van der Waals surface area contributed by atoms with E-state index in [4.69, 9.17) is 24.4 Å². The molecule has 4 aliphatic heterocycles. The van der Waals surface area contributed by atoms with E-state index in [1.54, 1.807) is 26.3 Å². The van der Waals surface area contributed by atoms with Crippen LogP contribution < -0.4 is 15.6 Å². The van der Waals surface area contributed by atoms with Crippen LogP contribution in [-0.2, 0) is 72.5 Å². The number of aldehydes is 1. The Labute approximate surface area is 419 Å². The SMILES string of the molecule is C=CC(=O)N1CCCC1.C=O.CC1[N-]C1C=O.CCn1c(-c2cccnc2C(C)OC)c(CC(C)(C)COC)c2cc(N3CCS(=O)(=O)C(CC(NC)C(=O)N4CCCCN4)C3)ccc21.CO.[W]. The molecule has 4 fully saturated rings. The van der Waals surface area contributed by atoms with E-state index in [9.17, 15) is 22.8 Å². The maximum absolute atomic E-state index is 13.4. The van der Waals surface area contributed by atoms with Crippen molar-refractivity contribution in [2.24, 2.45) is 5.41 Å². The minimum atomic E-state index is -3.38. The molecule has 2 amide bonds. The first-order valence-electron chi connectivity index (χ1n) is 23.2. The first-order chi connectivity index (χ1) is 32.1. The molecule has 4 saturated heterocycles. The van der Waals surface area contributed by atoms with Gasteiger partial charge in [-0.05, 0) is 107 Å². The summed E-state index contributed by atoms with van der Waals surface area (Å²) in [6.07, 6.45) is 9.15. The molecule has 1 aromatic carbocycles. The number of hydrazine groups is 1. The number of benzene rings is 1. The van der Waals surface area contributed by atoms with E-state index in [1.165, 1.54) is 11.6 Å². The van der Waals surface area contributed by atoms with Gasteiger partial charge in [-0.25, -0.2) is 13.8 Å². The fourth-order valence-electron chi connectivity index (χ4n) is 8.81. The van der Waals surface area contributed by atoms with Gasteiger partial charge in [0.2, 0.25) is 5.91 Å². The fourth-order valence-corrected chi connectivity index (χ4v) is 10.5.